The van der Waals surface area contributed by atoms with Gasteiger partial charge >= 0.3 is 18.3 Å². The van der Waals surface area contributed by atoms with Gasteiger partial charge in [0.25, 0.3) is 0 Å². The summed E-state index contributed by atoms with van der Waals surface area (Å²) >= 11 is 6.05. The van der Waals surface area contributed by atoms with Gasteiger partial charge in [0.1, 0.15) is 0 Å². The van der Waals surface area contributed by atoms with E-state index >= 15 is 0 Å². The molecule has 2 rings (SSSR count). The first-order valence-electron chi connectivity index (χ1n) is 8.54. The molecule has 0 aliphatic rings. The van der Waals surface area contributed by atoms with Crippen LogP contribution >= 0.6 is 24.0 Å². The number of carbonyl (C=O) groups is 1. The van der Waals surface area contributed by atoms with E-state index in [1.165, 1.54) is 12.1 Å². The molecule has 0 aromatic heterocycles. The van der Waals surface area contributed by atoms with E-state index in [4.69, 9.17) is 22.4 Å². The molecule has 12 heteroatoms. The molecule has 0 saturated carbocycles. The van der Waals surface area contributed by atoms with Gasteiger partial charge in [-0.25, -0.2) is 0 Å². The molecule has 0 saturated heterocycles. The number of rotatable bonds is 7. The number of nitrogens with two attached hydrogens (primary N) is 1. The van der Waals surface area contributed by atoms with Crippen LogP contribution in [0, 0.1) is 0 Å². The highest BCUT2D eigenvalue weighted by atomic mass is 35.5. The van der Waals surface area contributed by atoms with Crippen LogP contribution in [0.25, 0.3) is 0 Å². The van der Waals surface area contributed by atoms with E-state index in [9.17, 15) is 31.1 Å². The van der Waals surface area contributed by atoms with E-state index < -0.39 is 35.4 Å². The molecule has 0 heterocycles. The van der Waals surface area contributed by atoms with Crippen molar-refractivity contribution in [1.82, 2.24) is 0 Å². The van der Waals surface area contributed by atoms with Crippen molar-refractivity contribution in [2.45, 2.75) is 31.2 Å². The van der Waals surface area contributed by atoms with Gasteiger partial charge in [-0.05, 0) is 48.0 Å². The number of halogens is 8. The fourth-order valence-electron chi connectivity index (χ4n) is 2.80. The van der Waals surface area contributed by atoms with Crippen molar-refractivity contribution in [3.05, 3.63) is 63.7 Å². The van der Waals surface area contributed by atoms with Crippen LogP contribution in [-0.2, 0) is 23.7 Å². The van der Waals surface area contributed by atoms with Crippen LogP contribution in [0.5, 0.6) is 0 Å². The Balaban J connectivity index is 0.00000480. The van der Waals surface area contributed by atoms with E-state index in [1.807, 2.05) is 0 Å². The second-order valence-electron chi connectivity index (χ2n) is 6.54. The number of carboxylic acid groups (broad SMARTS) is 1. The zero-order chi connectivity index (χ0) is 22.7. The van der Waals surface area contributed by atoms with Gasteiger partial charge in [0.15, 0.2) is 0 Å². The van der Waals surface area contributed by atoms with Gasteiger partial charge in [-0.15, -0.1) is 12.4 Å². The molecule has 0 amide bonds. The molecule has 2 aromatic carbocycles. The van der Waals surface area contributed by atoms with Gasteiger partial charge in [0.2, 0.25) is 0 Å². The standard InChI is InChI=1S/C19H17ClF6N2O2.ClH/c20-15-2-1-11(12(8-27)6-17(29)30)5-16(15)28-9-10-3-13(18(21,22)23)7-14(4-10)19(24,25)26;/h1-5,7,12,28H,6,8-9,27H2,(H,29,30);1H/t12-;/m0./s1. The van der Waals surface area contributed by atoms with Crippen LogP contribution in [0.3, 0.4) is 0 Å². The number of anilines is 1. The van der Waals surface area contributed by atoms with Gasteiger partial charge in [0, 0.05) is 12.5 Å². The van der Waals surface area contributed by atoms with Crippen molar-refractivity contribution < 1.29 is 36.2 Å². The second kappa shape index (κ2) is 10.4. The Bertz CT molecular complexity index is 887. The van der Waals surface area contributed by atoms with E-state index in [0.717, 1.165) is 0 Å². The monoisotopic (exact) mass is 490 g/mol. The molecule has 0 fully saturated rings. The lowest BCUT2D eigenvalue weighted by atomic mass is 9.95. The molecule has 172 valence electrons. The summed E-state index contributed by atoms with van der Waals surface area (Å²) in [6.45, 7) is -0.349. The number of alkyl halides is 6. The smallest absolute Gasteiger partial charge is 0.416 e. The molecule has 31 heavy (non-hydrogen) atoms. The summed E-state index contributed by atoms with van der Waals surface area (Å²) in [5, 5.41) is 11.8. The molecule has 0 spiro atoms. The zero-order valence-corrected chi connectivity index (χ0v) is 17.2. The molecule has 0 aliphatic heterocycles. The Morgan fingerprint density at radius 2 is 1.58 bits per heavy atom. The predicted molar refractivity (Wildman–Crippen MR) is 107 cm³/mol. The fourth-order valence-corrected chi connectivity index (χ4v) is 2.98. The maximum atomic E-state index is 13.0. The van der Waals surface area contributed by atoms with Crippen LogP contribution in [0.4, 0.5) is 32.0 Å². The van der Waals surface area contributed by atoms with Crippen LogP contribution in [0.1, 0.15) is 34.6 Å². The van der Waals surface area contributed by atoms with Crippen molar-refractivity contribution in [1.29, 1.82) is 0 Å². The lowest BCUT2D eigenvalue weighted by Gasteiger charge is -2.17. The third-order valence-electron chi connectivity index (χ3n) is 4.30. The van der Waals surface area contributed by atoms with Crippen LogP contribution in [0.15, 0.2) is 36.4 Å². The van der Waals surface area contributed by atoms with E-state index in [0.29, 0.717) is 17.7 Å². The third kappa shape index (κ3) is 7.48. The summed E-state index contributed by atoms with van der Waals surface area (Å²) in [6.07, 6.45) is -10.1. The molecule has 0 radical (unpaired) electrons. The number of benzene rings is 2. The van der Waals surface area contributed by atoms with Crippen molar-refractivity contribution in [3.8, 4) is 0 Å². The maximum absolute atomic E-state index is 13.0. The predicted octanol–water partition coefficient (Wildman–Crippen LogP) is 5.93. The van der Waals surface area contributed by atoms with Crippen LogP contribution in [-0.4, -0.2) is 17.6 Å². The Hall–Kier alpha value is -2.17. The molecule has 0 unspecified atom stereocenters. The summed E-state index contributed by atoms with van der Waals surface area (Å²) < 4.78 is 77.9. The topological polar surface area (TPSA) is 75.4 Å². The van der Waals surface area contributed by atoms with Gasteiger partial charge in [-0.1, -0.05) is 17.7 Å². The first-order valence-corrected chi connectivity index (χ1v) is 8.92. The summed E-state index contributed by atoms with van der Waals surface area (Å²) in [5.74, 6) is -1.61. The lowest BCUT2D eigenvalue weighted by molar-refractivity contribution is -0.143. The summed E-state index contributed by atoms with van der Waals surface area (Å²) in [7, 11) is 0. The SMILES string of the molecule is Cl.NC[C@H](CC(=O)O)c1ccc(Cl)c(NCc2cc(C(F)(F)F)cc(C(F)(F)F)c2)c1. The van der Waals surface area contributed by atoms with Crippen molar-refractivity contribution in [2.24, 2.45) is 5.73 Å². The Kier molecular flexibility index (Phi) is 9.04. The number of hydrogen-bond acceptors (Lipinski definition) is 3. The van der Waals surface area contributed by atoms with Crippen molar-refractivity contribution in [3.63, 3.8) is 0 Å². The molecule has 4 nitrogen and oxygen atoms in total. The minimum Gasteiger partial charge on any atom is -0.481 e. The highest BCUT2D eigenvalue weighted by molar-refractivity contribution is 6.33. The van der Waals surface area contributed by atoms with Gasteiger partial charge in [0.05, 0.1) is 28.3 Å². The first kappa shape index (κ1) is 26.9. The largest absolute Gasteiger partial charge is 0.481 e. The van der Waals surface area contributed by atoms with E-state index in [-0.39, 0.29) is 54.3 Å². The highest BCUT2D eigenvalue weighted by Crippen LogP contribution is 2.36. The molecule has 2 aromatic rings. The Labute approximate surface area is 184 Å². The molecule has 0 bridgehead atoms. The minimum atomic E-state index is -4.95. The summed E-state index contributed by atoms with van der Waals surface area (Å²) in [6, 6.07) is 5.76. The van der Waals surface area contributed by atoms with E-state index in [1.54, 1.807) is 6.07 Å². The summed E-state index contributed by atoms with van der Waals surface area (Å²) in [5.41, 5.74) is 3.25. The molecule has 4 N–H and O–H groups in total. The molecular weight excluding hydrogens is 473 g/mol. The minimum absolute atomic E-state index is 0. The highest BCUT2D eigenvalue weighted by Gasteiger charge is 2.36. The van der Waals surface area contributed by atoms with E-state index in [2.05, 4.69) is 5.32 Å². The third-order valence-corrected chi connectivity index (χ3v) is 4.63. The quantitative estimate of drug-likeness (QED) is 0.420. The average Bonchev–Trinajstić information content (AvgIpc) is 2.63. The Morgan fingerprint density at radius 3 is 2.03 bits per heavy atom. The van der Waals surface area contributed by atoms with Crippen LogP contribution in [0.2, 0.25) is 5.02 Å². The average molecular weight is 491 g/mol. The first-order chi connectivity index (χ1) is 13.8. The van der Waals surface area contributed by atoms with Gasteiger partial charge in [-0.2, -0.15) is 26.3 Å². The van der Waals surface area contributed by atoms with Gasteiger partial charge < -0.3 is 16.2 Å². The number of nitrogens with one attached hydrogen (secondary N) is 1. The number of aliphatic carboxylic acids is 1. The van der Waals surface area contributed by atoms with Crippen LogP contribution < -0.4 is 11.1 Å². The zero-order valence-electron chi connectivity index (χ0n) is 15.6. The maximum Gasteiger partial charge on any atom is 0.416 e. The number of carboxylic acids is 1. The second-order valence-corrected chi connectivity index (χ2v) is 6.94. The number of hydrogen-bond donors (Lipinski definition) is 3. The Morgan fingerprint density at radius 1 is 1.03 bits per heavy atom. The fraction of sp³-hybridized carbons (Fsp3) is 0.316. The molecule has 0 aliphatic carbocycles. The molecular formula is C19H18Cl2F6N2O2. The van der Waals surface area contributed by atoms with Gasteiger partial charge in [-0.3, -0.25) is 4.79 Å². The normalized spacial score (nSPS) is 12.8. The summed E-state index contributed by atoms with van der Waals surface area (Å²) in [4.78, 5) is 10.9. The lowest BCUT2D eigenvalue weighted by Crippen LogP contribution is -2.16. The van der Waals surface area contributed by atoms with Crippen molar-refractivity contribution in [2.75, 3.05) is 11.9 Å². The van der Waals surface area contributed by atoms with Crippen molar-refractivity contribution >= 4 is 35.7 Å². The molecule has 1 atom stereocenters.